The average Bonchev–Trinajstić information content (AvgIpc) is 2.16. The van der Waals surface area contributed by atoms with E-state index in [1.54, 1.807) is 0 Å². The van der Waals surface area contributed by atoms with E-state index < -0.39 is 0 Å². The topological polar surface area (TPSA) is 38.9 Å². The molecule has 2 nitrogen and oxygen atoms in total. The Morgan fingerprint density at radius 3 is 2.71 bits per heavy atom. The van der Waals surface area contributed by atoms with Gasteiger partial charge in [-0.1, -0.05) is 12.1 Å². The van der Waals surface area contributed by atoms with Crippen molar-refractivity contribution in [2.24, 2.45) is 5.73 Å². The monoisotopic (exact) mass is 186 g/mol. The molecule has 0 radical (unpaired) electrons. The van der Waals surface area contributed by atoms with Crippen LogP contribution in [0.25, 0.3) is 10.9 Å². The molecule has 0 spiro atoms. The smallest absolute Gasteiger partial charge is 0.0705 e. The van der Waals surface area contributed by atoms with E-state index in [0.717, 1.165) is 22.2 Å². The fraction of sp³-hybridized carbons (Fsp3) is 0.250. The second-order valence-electron chi connectivity index (χ2n) is 3.69. The summed E-state index contributed by atoms with van der Waals surface area (Å²) in [6.45, 7) is 3.99. The fourth-order valence-electron chi connectivity index (χ4n) is 1.53. The fourth-order valence-corrected chi connectivity index (χ4v) is 1.53. The lowest BCUT2D eigenvalue weighted by molar-refractivity contribution is 0.820. The number of nitrogens with zero attached hydrogens (tertiary/aromatic N) is 1. The van der Waals surface area contributed by atoms with Gasteiger partial charge in [-0.25, -0.2) is 0 Å². The van der Waals surface area contributed by atoms with Crippen LogP contribution < -0.4 is 5.73 Å². The third-order valence-electron chi connectivity index (χ3n) is 2.38. The van der Waals surface area contributed by atoms with Crippen LogP contribution in [-0.2, 0) is 0 Å². The van der Waals surface area contributed by atoms with Gasteiger partial charge < -0.3 is 5.73 Å². The highest BCUT2D eigenvalue weighted by atomic mass is 14.7. The van der Waals surface area contributed by atoms with Crippen LogP contribution in [0.1, 0.15) is 24.2 Å². The summed E-state index contributed by atoms with van der Waals surface area (Å²) in [5.41, 5.74) is 9.05. The minimum absolute atomic E-state index is 0.0840. The standard InChI is InChI=1S/C12H14N2/c1-8-3-4-11-7-10(9(2)13)5-6-12(11)14-8/h3-7,9H,13H2,1-2H3. The van der Waals surface area contributed by atoms with E-state index in [0.29, 0.717) is 0 Å². The molecular formula is C12H14N2. The van der Waals surface area contributed by atoms with Gasteiger partial charge in [0.2, 0.25) is 0 Å². The van der Waals surface area contributed by atoms with Crippen molar-refractivity contribution >= 4 is 10.9 Å². The number of fused-ring (bicyclic) bond motifs is 1. The van der Waals surface area contributed by atoms with Gasteiger partial charge >= 0.3 is 0 Å². The number of nitrogens with two attached hydrogens (primary N) is 1. The van der Waals surface area contributed by atoms with Crippen LogP contribution in [-0.4, -0.2) is 4.98 Å². The highest BCUT2D eigenvalue weighted by molar-refractivity contribution is 5.79. The van der Waals surface area contributed by atoms with E-state index in [-0.39, 0.29) is 6.04 Å². The largest absolute Gasteiger partial charge is 0.324 e. The van der Waals surface area contributed by atoms with Gasteiger partial charge in [-0.3, -0.25) is 4.98 Å². The summed E-state index contributed by atoms with van der Waals surface area (Å²) in [6.07, 6.45) is 0. The summed E-state index contributed by atoms with van der Waals surface area (Å²) in [5.74, 6) is 0. The van der Waals surface area contributed by atoms with Crippen molar-refractivity contribution in [1.82, 2.24) is 4.98 Å². The lowest BCUT2D eigenvalue weighted by Crippen LogP contribution is -2.04. The predicted molar refractivity (Wildman–Crippen MR) is 59.1 cm³/mol. The Morgan fingerprint density at radius 2 is 2.00 bits per heavy atom. The third-order valence-corrected chi connectivity index (χ3v) is 2.38. The Morgan fingerprint density at radius 1 is 1.21 bits per heavy atom. The number of pyridine rings is 1. The molecule has 1 atom stereocenters. The summed E-state index contributed by atoms with van der Waals surface area (Å²) < 4.78 is 0. The van der Waals surface area contributed by atoms with Crippen molar-refractivity contribution in [1.29, 1.82) is 0 Å². The molecule has 2 N–H and O–H groups in total. The van der Waals surface area contributed by atoms with E-state index in [4.69, 9.17) is 5.73 Å². The maximum Gasteiger partial charge on any atom is 0.0705 e. The first kappa shape index (κ1) is 9.16. The zero-order chi connectivity index (χ0) is 10.1. The number of hydrogen-bond acceptors (Lipinski definition) is 2. The molecule has 1 aromatic carbocycles. The van der Waals surface area contributed by atoms with E-state index in [1.165, 1.54) is 0 Å². The van der Waals surface area contributed by atoms with Gasteiger partial charge in [-0.2, -0.15) is 0 Å². The van der Waals surface area contributed by atoms with Crippen molar-refractivity contribution < 1.29 is 0 Å². The molecule has 72 valence electrons. The minimum atomic E-state index is 0.0840. The molecule has 0 saturated carbocycles. The first-order valence-electron chi connectivity index (χ1n) is 4.80. The van der Waals surface area contributed by atoms with Crippen LogP contribution in [0.2, 0.25) is 0 Å². The predicted octanol–water partition coefficient (Wildman–Crippen LogP) is 2.56. The number of aryl methyl sites for hydroxylation is 1. The summed E-state index contributed by atoms with van der Waals surface area (Å²) in [5, 5.41) is 1.16. The van der Waals surface area contributed by atoms with E-state index in [1.807, 2.05) is 32.0 Å². The molecule has 2 aromatic rings. The number of rotatable bonds is 1. The van der Waals surface area contributed by atoms with Gasteiger partial charge in [0.15, 0.2) is 0 Å². The molecule has 1 aromatic heterocycles. The Labute approximate surface area is 83.8 Å². The average molecular weight is 186 g/mol. The summed E-state index contributed by atoms with van der Waals surface area (Å²) in [4.78, 5) is 4.44. The highest BCUT2D eigenvalue weighted by Gasteiger charge is 2.01. The van der Waals surface area contributed by atoms with Crippen molar-refractivity contribution in [3.8, 4) is 0 Å². The van der Waals surface area contributed by atoms with Gasteiger partial charge in [0.05, 0.1) is 5.52 Å². The zero-order valence-corrected chi connectivity index (χ0v) is 8.49. The lowest BCUT2D eigenvalue weighted by atomic mass is 10.1. The van der Waals surface area contributed by atoms with Gasteiger partial charge in [0.25, 0.3) is 0 Å². The molecule has 0 amide bonds. The minimum Gasteiger partial charge on any atom is -0.324 e. The molecular weight excluding hydrogens is 172 g/mol. The van der Waals surface area contributed by atoms with Crippen LogP contribution >= 0.6 is 0 Å². The third kappa shape index (κ3) is 1.61. The molecule has 1 unspecified atom stereocenters. The number of hydrogen-bond donors (Lipinski definition) is 1. The Bertz CT molecular complexity index is 461. The lowest BCUT2D eigenvalue weighted by Gasteiger charge is -2.06. The van der Waals surface area contributed by atoms with Crippen molar-refractivity contribution in [3.05, 3.63) is 41.6 Å². The number of aromatic nitrogens is 1. The first-order chi connectivity index (χ1) is 6.66. The summed E-state index contributed by atoms with van der Waals surface area (Å²) in [6, 6.07) is 10.4. The molecule has 14 heavy (non-hydrogen) atoms. The SMILES string of the molecule is Cc1ccc2cc(C(C)N)ccc2n1. The summed E-state index contributed by atoms with van der Waals surface area (Å²) in [7, 11) is 0. The Hall–Kier alpha value is -1.41. The molecule has 0 fully saturated rings. The molecule has 0 aliphatic rings. The van der Waals surface area contributed by atoms with E-state index in [2.05, 4.69) is 17.1 Å². The molecule has 0 aliphatic heterocycles. The van der Waals surface area contributed by atoms with Gasteiger partial charge in [0.1, 0.15) is 0 Å². The van der Waals surface area contributed by atoms with Crippen LogP contribution in [0.5, 0.6) is 0 Å². The highest BCUT2D eigenvalue weighted by Crippen LogP contribution is 2.17. The van der Waals surface area contributed by atoms with Gasteiger partial charge in [-0.05, 0) is 37.6 Å². The van der Waals surface area contributed by atoms with Crippen molar-refractivity contribution in [3.63, 3.8) is 0 Å². The Kier molecular flexibility index (Phi) is 2.22. The molecule has 2 rings (SSSR count). The second kappa shape index (κ2) is 3.39. The molecule has 0 bridgehead atoms. The van der Waals surface area contributed by atoms with Crippen LogP contribution in [0, 0.1) is 6.92 Å². The summed E-state index contributed by atoms with van der Waals surface area (Å²) >= 11 is 0. The molecule has 2 heteroatoms. The van der Waals surface area contributed by atoms with Crippen LogP contribution in [0.15, 0.2) is 30.3 Å². The van der Waals surface area contributed by atoms with Gasteiger partial charge in [-0.15, -0.1) is 0 Å². The Balaban J connectivity index is 2.62. The second-order valence-corrected chi connectivity index (χ2v) is 3.69. The quantitative estimate of drug-likeness (QED) is 0.743. The van der Waals surface area contributed by atoms with Gasteiger partial charge in [0, 0.05) is 17.1 Å². The molecule has 1 heterocycles. The molecule has 0 aliphatic carbocycles. The van der Waals surface area contributed by atoms with Crippen molar-refractivity contribution in [2.75, 3.05) is 0 Å². The van der Waals surface area contributed by atoms with Crippen LogP contribution in [0.3, 0.4) is 0 Å². The number of benzene rings is 1. The van der Waals surface area contributed by atoms with E-state index >= 15 is 0 Å². The normalized spacial score (nSPS) is 13.1. The van der Waals surface area contributed by atoms with E-state index in [9.17, 15) is 0 Å². The molecule has 0 saturated heterocycles. The van der Waals surface area contributed by atoms with Crippen molar-refractivity contribution in [2.45, 2.75) is 19.9 Å². The first-order valence-corrected chi connectivity index (χ1v) is 4.80. The maximum absolute atomic E-state index is 5.81. The maximum atomic E-state index is 5.81. The zero-order valence-electron chi connectivity index (χ0n) is 8.49. The van der Waals surface area contributed by atoms with Crippen LogP contribution in [0.4, 0.5) is 0 Å².